The van der Waals surface area contributed by atoms with Crippen molar-refractivity contribution in [3.8, 4) is 11.8 Å². The Morgan fingerprint density at radius 1 is 1.26 bits per heavy atom. The van der Waals surface area contributed by atoms with Crippen molar-refractivity contribution in [2.45, 2.75) is 38.0 Å². The summed E-state index contributed by atoms with van der Waals surface area (Å²) in [6.07, 6.45) is -1.94. The van der Waals surface area contributed by atoms with E-state index in [1.807, 2.05) is 0 Å². The highest BCUT2D eigenvalue weighted by atomic mass is 16.4. The van der Waals surface area contributed by atoms with Crippen molar-refractivity contribution in [3.63, 3.8) is 0 Å². The number of aliphatic hydroxyl groups excluding tert-OH is 1. The largest absolute Gasteiger partial charge is 0.480 e. The highest BCUT2D eigenvalue weighted by molar-refractivity contribution is 5.84. The van der Waals surface area contributed by atoms with Gasteiger partial charge < -0.3 is 26.4 Å². The zero-order chi connectivity index (χ0) is 15.0. The van der Waals surface area contributed by atoms with Gasteiger partial charge in [0.25, 0.3) is 0 Å². The molecule has 6 N–H and O–H groups in total. The van der Waals surface area contributed by atoms with E-state index < -0.39 is 36.0 Å². The molecule has 19 heavy (non-hydrogen) atoms. The monoisotopic (exact) mass is 272 g/mol. The number of hydrogen-bond acceptors (Lipinski definition) is 5. The zero-order valence-corrected chi connectivity index (χ0v) is 10.3. The Morgan fingerprint density at radius 2 is 1.84 bits per heavy atom. The molecule has 1 amide bonds. The highest BCUT2D eigenvalue weighted by Crippen LogP contribution is 1.99. The Bertz CT molecular complexity index is 411. The number of carbonyl (C=O) groups is 3. The quantitative estimate of drug-likeness (QED) is 0.341. The topological polar surface area (TPSA) is 150 Å². The van der Waals surface area contributed by atoms with Crippen molar-refractivity contribution in [3.05, 3.63) is 0 Å². The third-order valence-corrected chi connectivity index (χ3v) is 2.19. The average molecular weight is 272 g/mol. The number of carbonyl (C=O) groups excluding carboxylic acids is 1. The maximum atomic E-state index is 11.4. The molecule has 0 saturated carbocycles. The van der Waals surface area contributed by atoms with Crippen LogP contribution in [-0.4, -0.2) is 51.4 Å². The smallest absolute Gasteiger partial charge is 0.330 e. The molecule has 0 aliphatic heterocycles. The molecule has 0 heterocycles. The van der Waals surface area contributed by atoms with Crippen LogP contribution >= 0.6 is 0 Å². The standard InChI is InChI=1S/C11H16N2O6/c1-2-3-7(14)9(11(18)19)13-8(15)5-4-6(12)10(16)17/h6-7,9,14H,4-5,12H2,1H3,(H,13,15)(H,16,17)(H,18,19)/t6-,7?,9?/m0/s1. The summed E-state index contributed by atoms with van der Waals surface area (Å²) in [5.41, 5.74) is 5.20. The predicted molar refractivity (Wildman–Crippen MR) is 63.9 cm³/mol. The lowest BCUT2D eigenvalue weighted by Gasteiger charge is -2.16. The van der Waals surface area contributed by atoms with Gasteiger partial charge in [0.2, 0.25) is 5.91 Å². The normalized spacial score (nSPS) is 14.5. The van der Waals surface area contributed by atoms with Gasteiger partial charge in [-0.15, -0.1) is 5.92 Å². The number of carboxylic acids is 2. The number of nitrogens with one attached hydrogen (secondary N) is 1. The second-order valence-electron chi connectivity index (χ2n) is 3.71. The summed E-state index contributed by atoms with van der Waals surface area (Å²) in [6, 6.07) is -2.77. The van der Waals surface area contributed by atoms with Crippen LogP contribution in [0.2, 0.25) is 0 Å². The molecule has 0 saturated heterocycles. The van der Waals surface area contributed by atoms with Crippen molar-refractivity contribution in [1.29, 1.82) is 0 Å². The lowest BCUT2D eigenvalue weighted by Crippen LogP contribution is -2.48. The van der Waals surface area contributed by atoms with E-state index >= 15 is 0 Å². The predicted octanol–water partition coefficient (Wildman–Crippen LogP) is -1.87. The number of amides is 1. The van der Waals surface area contributed by atoms with Gasteiger partial charge in [-0.1, -0.05) is 5.92 Å². The van der Waals surface area contributed by atoms with Gasteiger partial charge in [-0.25, -0.2) is 4.79 Å². The number of nitrogens with two attached hydrogens (primary N) is 1. The van der Waals surface area contributed by atoms with Gasteiger partial charge in [-0.2, -0.15) is 0 Å². The van der Waals surface area contributed by atoms with Gasteiger partial charge in [-0.3, -0.25) is 9.59 Å². The van der Waals surface area contributed by atoms with Crippen LogP contribution in [0.5, 0.6) is 0 Å². The second-order valence-corrected chi connectivity index (χ2v) is 3.71. The van der Waals surface area contributed by atoms with E-state index in [1.54, 1.807) is 0 Å². The van der Waals surface area contributed by atoms with Crippen LogP contribution in [0.4, 0.5) is 0 Å². The fourth-order valence-electron chi connectivity index (χ4n) is 1.16. The molecule has 0 fully saturated rings. The van der Waals surface area contributed by atoms with Crippen LogP contribution < -0.4 is 11.1 Å². The van der Waals surface area contributed by atoms with Gasteiger partial charge in [0, 0.05) is 6.42 Å². The molecule has 0 aliphatic carbocycles. The van der Waals surface area contributed by atoms with E-state index in [0.717, 1.165) is 0 Å². The minimum Gasteiger partial charge on any atom is -0.480 e. The van der Waals surface area contributed by atoms with Gasteiger partial charge in [0.05, 0.1) is 0 Å². The van der Waals surface area contributed by atoms with Crippen molar-refractivity contribution in [1.82, 2.24) is 5.32 Å². The van der Waals surface area contributed by atoms with E-state index in [4.69, 9.17) is 15.9 Å². The van der Waals surface area contributed by atoms with Crippen LogP contribution in [0, 0.1) is 11.8 Å². The van der Waals surface area contributed by atoms with Crippen molar-refractivity contribution >= 4 is 17.8 Å². The van der Waals surface area contributed by atoms with Gasteiger partial charge in [0.1, 0.15) is 12.1 Å². The molecule has 0 aromatic rings. The number of aliphatic hydroxyl groups is 1. The number of hydrogen-bond donors (Lipinski definition) is 5. The van der Waals surface area contributed by atoms with Crippen LogP contribution in [0.15, 0.2) is 0 Å². The molecular weight excluding hydrogens is 256 g/mol. The zero-order valence-electron chi connectivity index (χ0n) is 10.3. The maximum Gasteiger partial charge on any atom is 0.330 e. The number of aliphatic carboxylic acids is 2. The molecule has 0 bridgehead atoms. The summed E-state index contributed by atoms with van der Waals surface area (Å²) in [6.45, 7) is 1.41. The summed E-state index contributed by atoms with van der Waals surface area (Å²) in [4.78, 5) is 32.7. The second kappa shape index (κ2) is 8.07. The lowest BCUT2D eigenvalue weighted by atomic mass is 10.1. The first-order chi connectivity index (χ1) is 8.79. The first kappa shape index (κ1) is 16.9. The first-order valence-electron chi connectivity index (χ1n) is 5.40. The third-order valence-electron chi connectivity index (χ3n) is 2.19. The minimum atomic E-state index is -1.57. The molecule has 0 spiro atoms. The Hall–Kier alpha value is -2.11. The molecule has 0 aromatic heterocycles. The molecule has 8 heteroatoms. The van der Waals surface area contributed by atoms with Gasteiger partial charge in [-0.05, 0) is 13.3 Å². The van der Waals surface area contributed by atoms with Gasteiger partial charge >= 0.3 is 11.9 Å². The van der Waals surface area contributed by atoms with Crippen LogP contribution in [-0.2, 0) is 14.4 Å². The molecule has 3 atom stereocenters. The molecule has 0 radical (unpaired) electrons. The summed E-state index contributed by atoms with van der Waals surface area (Å²) in [5.74, 6) is 1.12. The molecule has 0 rings (SSSR count). The third kappa shape index (κ3) is 6.40. The van der Waals surface area contributed by atoms with Gasteiger partial charge in [0.15, 0.2) is 6.04 Å². The number of rotatable bonds is 7. The van der Waals surface area contributed by atoms with E-state index in [0.29, 0.717) is 0 Å². The summed E-state index contributed by atoms with van der Waals surface area (Å²) in [5, 5.41) is 28.8. The van der Waals surface area contributed by atoms with Crippen molar-refractivity contribution < 1.29 is 29.7 Å². The van der Waals surface area contributed by atoms with E-state index in [-0.39, 0.29) is 12.8 Å². The average Bonchev–Trinajstić information content (AvgIpc) is 2.32. The van der Waals surface area contributed by atoms with E-state index in [9.17, 15) is 19.5 Å². The fourth-order valence-corrected chi connectivity index (χ4v) is 1.16. The van der Waals surface area contributed by atoms with Crippen LogP contribution in [0.1, 0.15) is 19.8 Å². The van der Waals surface area contributed by atoms with Crippen molar-refractivity contribution in [2.24, 2.45) is 5.73 Å². The summed E-state index contributed by atoms with van der Waals surface area (Å²) >= 11 is 0. The number of carboxylic acid groups (broad SMARTS) is 2. The summed E-state index contributed by atoms with van der Waals surface area (Å²) in [7, 11) is 0. The first-order valence-corrected chi connectivity index (χ1v) is 5.40. The molecule has 8 nitrogen and oxygen atoms in total. The van der Waals surface area contributed by atoms with Crippen LogP contribution in [0.25, 0.3) is 0 Å². The molecule has 106 valence electrons. The van der Waals surface area contributed by atoms with Crippen LogP contribution in [0.3, 0.4) is 0 Å². The van der Waals surface area contributed by atoms with E-state index in [2.05, 4.69) is 17.2 Å². The Kier molecular flexibility index (Phi) is 7.18. The molecule has 0 aliphatic rings. The Labute approximate surface area is 109 Å². The van der Waals surface area contributed by atoms with Crippen molar-refractivity contribution in [2.75, 3.05) is 0 Å². The van der Waals surface area contributed by atoms with E-state index in [1.165, 1.54) is 6.92 Å². The fraction of sp³-hybridized carbons (Fsp3) is 0.545. The SMILES string of the molecule is CC#CC(O)C(NC(=O)CC[C@H](N)C(=O)O)C(=O)O. The maximum absolute atomic E-state index is 11.4. The molecular formula is C11H16N2O6. The Morgan fingerprint density at radius 3 is 2.26 bits per heavy atom. The molecule has 0 aromatic carbocycles. The Balaban J connectivity index is 4.44. The lowest BCUT2D eigenvalue weighted by molar-refractivity contribution is -0.144. The minimum absolute atomic E-state index is 0.136. The molecule has 2 unspecified atom stereocenters. The summed E-state index contributed by atoms with van der Waals surface area (Å²) < 4.78 is 0. The highest BCUT2D eigenvalue weighted by Gasteiger charge is 2.27.